The van der Waals surface area contributed by atoms with Gasteiger partial charge >= 0.3 is 5.97 Å². The van der Waals surface area contributed by atoms with E-state index in [0.29, 0.717) is 18.7 Å². The average molecular weight is 335 g/mol. The van der Waals surface area contributed by atoms with Gasteiger partial charge in [-0.2, -0.15) is 11.8 Å². The number of carboxylic acid groups (broad SMARTS) is 1. The summed E-state index contributed by atoms with van der Waals surface area (Å²) in [7, 11) is 0. The van der Waals surface area contributed by atoms with Crippen LogP contribution in [0.1, 0.15) is 23.1 Å². The highest BCUT2D eigenvalue weighted by Crippen LogP contribution is 2.33. The second kappa shape index (κ2) is 6.43. The van der Waals surface area contributed by atoms with E-state index in [9.17, 15) is 9.59 Å². The molecule has 1 amide bonds. The Bertz CT molecular complexity index is 615. The molecule has 1 aromatic carbocycles. The van der Waals surface area contributed by atoms with E-state index >= 15 is 0 Å². The lowest BCUT2D eigenvalue weighted by molar-refractivity contribution is -0.143. The molecule has 2 heterocycles. The molecule has 1 N–H and O–H groups in total. The maximum absolute atomic E-state index is 12.8. The first-order chi connectivity index (χ1) is 11.0. The van der Waals surface area contributed by atoms with Gasteiger partial charge in [0.15, 0.2) is 6.10 Å². The minimum Gasteiger partial charge on any atom is -0.481 e. The summed E-state index contributed by atoms with van der Waals surface area (Å²) in [6.45, 7) is 4.67. The van der Waals surface area contributed by atoms with Crippen molar-refractivity contribution in [2.45, 2.75) is 38.8 Å². The van der Waals surface area contributed by atoms with Crippen LogP contribution in [0.5, 0.6) is 5.75 Å². The molecule has 5 nitrogen and oxygen atoms in total. The molecule has 0 radical (unpaired) electrons. The molecule has 124 valence electrons. The molecular formula is C17H21NO4S. The molecule has 0 bridgehead atoms. The zero-order valence-corrected chi connectivity index (χ0v) is 14.2. The van der Waals surface area contributed by atoms with Crippen LogP contribution >= 0.6 is 11.8 Å². The van der Waals surface area contributed by atoms with Gasteiger partial charge in [0.25, 0.3) is 5.91 Å². The SMILES string of the molecule is Cc1cc2c(cc1C)OC(C(=O)N1CCSCC1CC(=O)O)C2. The monoisotopic (exact) mass is 335 g/mol. The van der Waals surface area contributed by atoms with E-state index in [-0.39, 0.29) is 18.4 Å². The van der Waals surface area contributed by atoms with Gasteiger partial charge in [-0.05, 0) is 36.6 Å². The van der Waals surface area contributed by atoms with Gasteiger partial charge in [0, 0.05) is 24.5 Å². The number of thioether (sulfide) groups is 1. The topological polar surface area (TPSA) is 66.8 Å². The third kappa shape index (κ3) is 3.32. The molecule has 0 aromatic heterocycles. The first-order valence-corrected chi connectivity index (χ1v) is 8.98. The standard InChI is InChI=1S/C17H21NO4S/c1-10-5-12-7-15(22-14(12)6-11(10)2)17(21)18-3-4-23-9-13(18)8-16(19)20/h5-6,13,15H,3-4,7-9H2,1-2H3,(H,19,20). The highest BCUT2D eigenvalue weighted by atomic mass is 32.2. The normalized spacial score (nSPS) is 23.3. The molecule has 0 saturated carbocycles. The van der Waals surface area contributed by atoms with Crippen LogP contribution in [0.25, 0.3) is 0 Å². The molecular weight excluding hydrogens is 314 g/mol. The summed E-state index contributed by atoms with van der Waals surface area (Å²) < 4.78 is 5.87. The highest BCUT2D eigenvalue weighted by molar-refractivity contribution is 7.99. The molecule has 23 heavy (non-hydrogen) atoms. The zero-order valence-electron chi connectivity index (χ0n) is 13.4. The molecule has 2 aliphatic heterocycles. The van der Waals surface area contributed by atoms with E-state index in [4.69, 9.17) is 9.84 Å². The fourth-order valence-electron chi connectivity index (χ4n) is 3.15. The summed E-state index contributed by atoms with van der Waals surface area (Å²) in [6, 6.07) is 3.83. The predicted octanol–water partition coefficient (Wildman–Crippen LogP) is 2.03. The fourth-order valence-corrected chi connectivity index (χ4v) is 4.21. The lowest BCUT2D eigenvalue weighted by Gasteiger charge is -2.35. The van der Waals surface area contributed by atoms with Crippen molar-refractivity contribution in [2.24, 2.45) is 0 Å². The van der Waals surface area contributed by atoms with Gasteiger partial charge in [0.2, 0.25) is 0 Å². The Balaban J connectivity index is 1.74. The summed E-state index contributed by atoms with van der Waals surface area (Å²) in [4.78, 5) is 25.6. The minimum absolute atomic E-state index is 0.00335. The maximum Gasteiger partial charge on any atom is 0.305 e. The largest absolute Gasteiger partial charge is 0.481 e. The number of aryl methyl sites for hydroxylation is 2. The number of aliphatic carboxylic acids is 1. The smallest absolute Gasteiger partial charge is 0.305 e. The van der Waals surface area contributed by atoms with Crippen LogP contribution in [0.15, 0.2) is 12.1 Å². The van der Waals surface area contributed by atoms with E-state index in [1.54, 1.807) is 16.7 Å². The van der Waals surface area contributed by atoms with Gasteiger partial charge < -0.3 is 14.7 Å². The van der Waals surface area contributed by atoms with Crippen molar-refractivity contribution in [1.29, 1.82) is 0 Å². The Labute approximate surface area is 140 Å². The van der Waals surface area contributed by atoms with Crippen LogP contribution in [-0.2, 0) is 16.0 Å². The molecule has 2 aliphatic rings. The molecule has 0 aliphatic carbocycles. The summed E-state index contributed by atoms with van der Waals surface area (Å²) in [6.07, 6.45) is 0.0422. The zero-order chi connectivity index (χ0) is 16.6. The van der Waals surface area contributed by atoms with Crippen LogP contribution in [0.3, 0.4) is 0 Å². The number of benzene rings is 1. The number of hydrogen-bond acceptors (Lipinski definition) is 4. The molecule has 2 atom stereocenters. The van der Waals surface area contributed by atoms with Gasteiger partial charge in [-0.3, -0.25) is 9.59 Å². The lowest BCUT2D eigenvalue weighted by atomic mass is 10.0. The minimum atomic E-state index is -0.864. The summed E-state index contributed by atoms with van der Waals surface area (Å²) in [5.74, 6) is 1.36. The van der Waals surface area contributed by atoms with Gasteiger partial charge in [0.05, 0.1) is 12.5 Å². The van der Waals surface area contributed by atoms with Crippen LogP contribution < -0.4 is 4.74 Å². The van der Waals surface area contributed by atoms with Crippen LogP contribution in [0.4, 0.5) is 0 Å². The number of hydrogen-bond donors (Lipinski definition) is 1. The van der Waals surface area contributed by atoms with E-state index in [0.717, 1.165) is 22.6 Å². The molecule has 1 fully saturated rings. The maximum atomic E-state index is 12.8. The van der Waals surface area contributed by atoms with E-state index in [1.165, 1.54) is 5.56 Å². The third-order valence-corrected chi connectivity index (χ3v) is 5.64. The quantitative estimate of drug-likeness (QED) is 0.915. The van der Waals surface area contributed by atoms with Crippen molar-refractivity contribution >= 4 is 23.6 Å². The van der Waals surface area contributed by atoms with Crippen molar-refractivity contribution in [3.63, 3.8) is 0 Å². The van der Waals surface area contributed by atoms with Gasteiger partial charge in [-0.15, -0.1) is 0 Å². The summed E-state index contributed by atoms with van der Waals surface area (Å²) >= 11 is 1.70. The number of carbonyl (C=O) groups is 2. The Hall–Kier alpha value is -1.69. The first-order valence-electron chi connectivity index (χ1n) is 7.82. The Kier molecular flexibility index (Phi) is 4.53. The number of rotatable bonds is 3. The lowest BCUT2D eigenvalue weighted by Crippen LogP contribution is -2.51. The first kappa shape index (κ1) is 16.2. The second-order valence-electron chi connectivity index (χ2n) is 6.21. The molecule has 6 heteroatoms. The molecule has 3 rings (SSSR count). The molecule has 2 unspecified atom stereocenters. The van der Waals surface area contributed by atoms with Crippen LogP contribution in [0.2, 0.25) is 0 Å². The van der Waals surface area contributed by atoms with Crippen molar-refractivity contribution in [3.8, 4) is 5.75 Å². The molecule has 1 saturated heterocycles. The van der Waals surface area contributed by atoms with Crippen LogP contribution in [-0.4, -0.2) is 52.1 Å². The van der Waals surface area contributed by atoms with E-state index in [2.05, 4.69) is 13.0 Å². The van der Waals surface area contributed by atoms with Crippen molar-refractivity contribution in [1.82, 2.24) is 4.90 Å². The Morgan fingerprint density at radius 2 is 2.09 bits per heavy atom. The van der Waals surface area contributed by atoms with Gasteiger partial charge in [-0.1, -0.05) is 6.07 Å². The van der Waals surface area contributed by atoms with Crippen molar-refractivity contribution < 1.29 is 19.4 Å². The highest BCUT2D eigenvalue weighted by Gasteiger charge is 2.37. The van der Waals surface area contributed by atoms with E-state index < -0.39 is 12.1 Å². The third-order valence-electron chi connectivity index (χ3n) is 4.55. The molecule has 1 aromatic rings. The number of carbonyl (C=O) groups excluding carboxylic acids is 1. The summed E-state index contributed by atoms with van der Waals surface area (Å²) in [5, 5.41) is 9.06. The van der Waals surface area contributed by atoms with E-state index in [1.807, 2.05) is 13.0 Å². The number of fused-ring (bicyclic) bond motifs is 1. The number of carboxylic acids is 1. The predicted molar refractivity (Wildman–Crippen MR) is 89.1 cm³/mol. The Morgan fingerprint density at radius 3 is 2.83 bits per heavy atom. The molecule has 0 spiro atoms. The van der Waals surface area contributed by atoms with Crippen molar-refractivity contribution in [3.05, 3.63) is 28.8 Å². The Morgan fingerprint density at radius 1 is 1.35 bits per heavy atom. The van der Waals surface area contributed by atoms with Gasteiger partial charge in [0.1, 0.15) is 5.75 Å². The number of amides is 1. The second-order valence-corrected chi connectivity index (χ2v) is 7.36. The fraction of sp³-hybridized carbons (Fsp3) is 0.529. The number of ether oxygens (including phenoxy) is 1. The average Bonchev–Trinajstić information content (AvgIpc) is 2.90. The van der Waals surface area contributed by atoms with Crippen LogP contribution in [0, 0.1) is 13.8 Å². The van der Waals surface area contributed by atoms with Crippen molar-refractivity contribution in [2.75, 3.05) is 18.1 Å². The summed E-state index contributed by atoms with van der Waals surface area (Å²) in [5.41, 5.74) is 3.40. The van der Waals surface area contributed by atoms with Gasteiger partial charge in [-0.25, -0.2) is 0 Å². The number of nitrogens with zero attached hydrogens (tertiary/aromatic N) is 1.